The Hall–Kier alpha value is -2.56. The van der Waals surface area contributed by atoms with E-state index in [4.69, 9.17) is 4.74 Å². The first-order chi connectivity index (χ1) is 18.8. The van der Waals surface area contributed by atoms with Gasteiger partial charge in [-0.3, -0.25) is 19.3 Å². The van der Waals surface area contributed by atoms with Crippen molar-refractivity contribution in [2.24, 2.45) is 5.41 Å². The molecule has 0 bridgehead atoms. The standard InChI is InChI=1S/C31H46N4O5.ClH/c1-30(2,3)20-32-18-24(36)19-34-27(37)26(17-21-13-14-22-10-7-8-11-23(22)16-21)35(29(39)31(4,5)40-6)28(38)25-12-9-15-33-25;/h7-8,10-11,13-14,16,24-26,32-33,36H,9,12,15,17-20H2,1-6H3,(H,34,37);1H/t24?,25-,26+;/m0./s1. The monoisotopic (exact) mass is 590 g/mol. The number of methoxy groups -OCH3 is 1. The van der Waals surface area contributed by atoms with Crippen molar-refractivity contribution in [2.75, 3.05) is 33.3 Å². The highest BCUT2D eigenvalue weighted by Gasteiger charge is 2.44. The highest BCUT2D eigenvalue weighted by molar-refractivity contribution is 6.05. The van der Waals surface area contributed by atoms with E-state index in [0.717, 1.165) is 27.7 Å². The van der Waals surface area contributed by atoms with Gasteiger partial charge in [0.05, 0.1) is 12.1 Å². The highest BCUT2D eigenvalue weighted by atomic mass is 35.5. The zero-order valence-electron chi connectivity index (χ0n) is 25.2. The van der Waals surface area contributed by atoms with Gasteiger partial charge >= 0.3 is 0 Å². The van der Waals surface area contributed by atoms with Crippen LogP contribution in [0, 0.1) is 5.41 Å². The number of fused-ring (bicyclic) bond motifs is 1. The van der Waals surface area contributed by atoms with Gasteiger partial charge in [0.15, 0.2) is 0 Å². The van der Waals surface area contributed by atoms with Crippen molar-refractivity contribution in [1.29, 1.82) is 0 Å². The number of imide groups is 1. The van der Waals surface area contributed by atoms with Gasteiger partial charge in [-0.2, -0.15) is 0 Å². The lowest BCUT2D eigenvalue weighted by Gasteiger charge is -2.36. The van der Waals surface area contributed by atoms with Gasteiger partial charge in [0.25, 0.3) is 5.91 Å². The van der Waals surface area contributed by atoms with Gasteiger partial charge in [-0.15, -0.1) is 12.4 Å². The van der Waals surface area contributed by atoms with E-state index in [1.807, 2.05) is 42.5 Å². The lowest BCUT2D eigenvalue weighted by Crippen LogP contribution is -2.61. The Kier molecular flexibility index (Phi) is 12.7. The predicted octanol–water partition coefficient (Wildman–Crippen LogP) is 2.82. The van der Waals surface area contributed by atoms with Gasteiger partial charge < -0.3 is 25.8 Å². The van der Waals surface area contributed by atoms with Gasteiger partial charge in [-0.1, -0.05) is 63.2 Å². The van der Waals surface area contributed by atoms with Crippen LogP contribution in [-0.2, 0) is 25.5 Å². The predicted molar refractivity (Wildman–Crippen MR) is 164 cm³/mol. The van der Waals surface area contributed by atoms with Gasteiger partial charge in [-0.05, 0) is 55.0 Å². The highest BCUT2D eigenvalue weighted by Crippen LogP contribution is 2.23. The number of hydrogen-bond donors (Lipinski definition) is 4. The normalized spacial score (nSPS) is 17.0. The van der Waals surface area contributed by atoms with Crippen LogP contribution in [0.2, 0.25) is 0 Å². The third-order valence-electron chi connectivity index (χ3n) is 7.24. The second-order valence-electron chi connectivity index (χ2n) is 12.4. The summed E-state index contributed by atoms with van der Waals surface area (Å²) in [5, 5.41) is 21.8. The third kappa shape index (κ3) is 9.75. The van der Waals surface area contributed by atoms with Crippen molar-refractivity contribution >= 4 is 40.9 Å². The lowest BCUT2D eigenvalue weighted by atomic mass is 9.97. The number of carbonyl (C=O) groups excluding carboxylic acids is 3. The molecule has 10 heteroatoms. The Morgan fingerprint density at radius 1 is 1.07 bits per heavy atom. The Balaban J connectivity index is 0.00000588. The fraction of sp³-hybridized carbons (Fsp3) is 0.581. The number of rotatable bonds is 12. The molecule has 0 saturated carbocycles. The number of benzene rings is 2. The summed E-state index contributed by atoms with van der Waals surface area (Å²) in [6.07, 6.45) is 0.679. The number of aliphatic hydroxyl groups is 1. The zero-order valence-corrected chi connectivity index (χ0v) is 26.0. The summed E-state index contributed by atoms with van der Waals surface area (Å²) in [6.45, 7) is 11.1. The molecule has 0 radical (unpaired) electrons. The molecule has 0 aliphatic carbocycles. The fourth-order valence-corrected chi connectivity index (χ4v) is 4.75. The Bertz CT molecular complexity index is 1180. The van der Waals surface area contributed by atoms with Crippen LogP contribution in [0.5, 0.6) is 0 Å². The molecule has 0 spiro atoms. The van der Waals surface area contributed by atoms with Crippen LogP contribution < -0.4 is 16.0 Å². The van der Waals surface area contributed by atoms with E-state index in [-0.39, 0.29) is 30.8 Å². The molecular formula is C31H47ClN4O5. The molecule has 1 saturated heterocycles. The van der Waals surface area contributed by atoms with E-state index >= 15 is 0 Å². The summed E-state index contributed by atoms with van der Waals surface area (Å²) in [6, 6.07) is 12.1. The second-order valence-corrected chi connectivity index (χ2v) is 12.4. The van der Waals surface area contributed by atoms with Crippen molar-refractivity contribution in [3.05, 3.63) is 48.0 Å². The van der Waals surface area contributed by atoms with Crippen LogP contribution in [0.15, 0.2) is 42.5 Å². The molecule has 41 heavy (non-hydrogen) atoms. The zero-order chi connectivity index (χ0) is 29.5. The van der Waals surface area contributed by atoms with Crippen molar-refractivity contribution in [3.63, 3.8) is 0 Å². The molecule has 1 aliphatic rings. The smallest absolute Gasteiger partial charge is 0.261 e. The van der Waals surface area contributed by atoms with Crippen LogP contribution >= 0.6 is 12.4 Å². The molecule has 1 unspecified atom stereocenters. The van der Waals surface area contributed by atoms with E-state index in [0.29, 0.717) is 26.1 Å². The molecule has 1 fully saturated rings. The van der Waals surface area contributed by atoms with Crippen LogP contribution in [0.3, 0.4) is 0 Å². The van der Waals surface area contributed by atoms with Gasteiger partial charge in [0.2, 0.25) is 11.8 Å². The Labute approximate surface area is 250 Å². The summed E-state index contributed by atoms with van der Waals surface area (Å²) in [7, 11) is 1.41. The molecular weight excluding hydrogens is 544 g/mol. The lowest BCUT2D eigenvalue weighted by molar-refractivity contribution is -0.164. The largest absolute Gasteiger partial charge is 0.390 e. The molecule has 3 amide bonds. The first-order valence-corrected chi connectivity index (χ1v) is 14.1. The van der Waals surface area contributed by atoms with E-state index in [2.05, 4.69) is 36.7 Å². The number of ether oxygens (including phenoxy) is 1. The molecule has 1 heterocycles. The number of aliphatic hydroxyl groups excluding tert-OH is 1. The van der Waals surface area contributed by atoms with Gasteiger partial charge in [0, 0.05) is 33.2 Å². The maximum atomic E-state index is 13.8. The molecule has 3 atom stereocenters. The van der Waals surface area contributed by atoms with Crippen molar-refractivity contribution in [2.45, 2.75) is 77.7 Å². The number of halogens is 1. The SMILES string of the molecule is COC(C)(C)C(=O)N(C(=O)[C@@H]1CCCN1)[C@H](Cc1ccc2ccccc2c1)C(=O)NCC(O)CNCC(C)(C)C.Cl. The van der Waals surface area contributed by atoms with E-state index in [1.165, 1.54) is 7.11 Å². The second kappa shape index (κ2) is 15.1. The minimum absolute atomic E-state index is 0. The topological polar surface area (TPSA) is 120 Å². The summed E-state index contributed by atoms with van der Waals surface area (Å²) in [5.74, 6) is -1.53. The van der Waals surface area contributed by atoms with Crippen molar-refractivity contribution in [1.82, 2.24) is 20.9 Å². The number of amides is 3. The quantitative estimate of drug-likeness (QED) is 0.300. The maximum absolute atomic E-state index is 13.8. The minimum atomic E-state index is -1.33. The van der Waals surface area contributed by atoms with E-state index < -0.39 is 41.5 Å². The molecule has 0 aromatic heterocycles. The summed E-state index contributed by atoms with van der Waals surface area (Å²) in [5.41, 5.74) is -0.462. The summed E-state index contributed by atoms with van der Waals surface area (Å²) in [4.78, 5) is 42.5. The summed E-state index contributed by atoms with van der Waals surface area (Å²) >= 11 is 0. The van der Waals surface area contributed by atoms with Crippen LogP contribution in [-0.4, -0.2) is 84.8 Å². The van der Waals surface area contributed by atoms with Gasteiger partial charge in [-0.25, -0.2) is 0 Å². The number of hydrogen-bond acceptors (Lipinski definition) is 7. The van der Waals surface area contributed by atoms with E-state index in [9.17, 15) is 19.5 Å². The molecule has 228 valence electrons. The Morgan fingerprint density at radius 3 is 2.37 bits per heavy atom. The molecule has 9 nitrogen and oxygen atoms in total. The maximum Gasteiger partial charge on any atom is 0.261 e. The summed E-state index contributed by atoms with van der Waals surface area (Å²) < 4.78 is 5.46. The number of carbonyl (C=O) groups is 3. The third-order valence-corrected chi connectivity index (χ3v) is 7.24. The average Bonchev–Trinajstić information content (AvgIpc) is 3.45. The van der Waals surface area contributed by atoms with E-state index in [1.54, 1.807) is 13.8 Å². The first kappa shape index (κ1) is 34.6. The molecule has 3 rings (SSSR count). The van der Waals surface area contributed by atoms with Gasteiger partial charge in [0.1, 0.15) is 11.6 Å². The minimum Gasteiger partial charge on any atom is -0.390 e. The van der Waals surface area contributed by atoms with Crippen LogP contribution in [0.25, 0.3) is 10.8 Å². The molecule has 1 aliphatic heterocycles. The van der Waals surface area contributed by atoms with Crippen LogP contribution in [0.1, 0.15) is 53.0 Å². The first-order valence-electron chi connectivity index (χ1n) is 14.1. The average molecular weight is 591 g/mol. The van der Waals surface area contributed by atoms with Crippen molar-refractivity contribution in [3.8, 4) is 0 Å². The number of nitrogens with zero attached hydrogens (tertiary/aromatic N) is 1. The van der Waals surface area contributed by atoms with Crippen molar-refractivity contribution < 1.29 is 24.2 Å². The Morgan fingerprint density at radius 2 is 1.76 bits per heavy atom. The fourth-order valence-electron chi connectivity index (χ4n) is 4.75. The molecule has 2 aromatic carbocycles. The number of nitrogens with one attached hydrogen (secondary N) is 3. The molecule has 2 aromatic rings. The molecule has 4 N–H and O–H groups in total. The van der Waals surface area contributed by atoms with Crippen LogP contribution in [0.4, 0.5) is 0 Å².